The minimum absolute atomic E-state index is 0.259. The minimum Gasteiger partial charge on any atom is -0.367 e. The van der Waals surface area contributed by atoms with Crippen LogP contribution < -0.4 is 0 Å². The van der Waals surface area contributed by atoms with Gasteiger partial charge >= 0.3 is 0 Å². The highest BCUT2D eigenvalue weighted by molar-refractivity contribution is 14.3. The molecule has 0 heterocycles. The fourth-order valence-corrected chi connectivity index (χ4v) is 6.39. The minimum atomic E-state index is -0.935. The number of ether oxygens (including phenoxy) is 1. The van der Waals surface area contributed by atoms with Gasteiger partial charge in [0.15, 0.2) is 11.9 Å². The first-order valence-corrected chi connectivity index (χ1v) is 22.3. The normalized spacial score (nSPS) is 16.9. The van der Waals surface area contributed by atoms with Gasteiger partial charge in [-0.25, -0.2) is 0 Å². The van der Waals surface area contributed by atoms with E-state index in [1.54, 1.807) is 0 Å². The quantitative estimate of drug-likeness (QED) is 0.0782. The van der Waals surface area contributed by atoms with Crippen molar-refractivity contribution in [3.63, 3.8) is 0 Å². The number of aliphatic hydroxyl groups is 1. The highest BCUT2D eigenvalue weighted by Crippen LogP contribution is 2.66. The lowest BCUT2D eigenvalue weighted by Gasteiger charge is -2.24. The van der Waals surface area contributed by atoms with Crippen LogP contribution in [0.25, 0.3) is 0 Å². The van der Waals surface area contributed by atoms with Crippen LogP contribution in [0.3, 0.4) is 0 Å². The molecule has 0 fully saturated rings. The summed E-state index contributed by atoms with van der Waals surface area (Å²) in [6, 6.07) is 0. The summed E-state index contributed by atoms with van der Waals surface area (Å²) in [4.78, 5) is 0. The number of rotatable bonds is 11. The molecule has 0 rings (SSSR count). The Morgan fingerprint density at radius 1 is 1.21 bits per heavy atom. The lowest BCUT2D eigenvalue weighted by Crippen LogP contribution is -2.34. The zero-order valence-corrected chi connectivity index (χ0v) is 23.2. The average Bonchev–Trinajstić information content (AvgIpc) is 2.33. The number of hydrogen-bond acceptors (Lipinski definition) is 6. The first-order valence-electron chi connectivity index (χ1n) is 4.26. The summed E-state index contributed by atoms with van der Waals surface area (Å²) in [5.74, 6) is 0. The zero-order valence-electron chi connectivity index (χ0n) is 8.80. The van der Waals surface area contributed by atoms with Crippen LogP contribution >= 0.6 is 144 Å². The molecule has 116 valence electrons. The van der Waals surface area contributed by atoms with Gasteiger partial charge in [0.2, 0.25) is 0 Å². The van der Waals surface area contributed by atoms with Crippen molar-refractivity contribution in [1.29, 1.82) is 0 Å². The molecule has 19 heavy (non-hydrogen) atoms. The molecule has 0 aliphatic carbocycles. The molecule has 4 nitrogen and oxygen atoms in total. The highest BCUT2D eigenvalue weighted by Gasteiger charge is 2.26. The summed E-state index contributed by atoms with van der Waals surface area (Å²) in [7, 11) is 0. The third kappa shape index (κ3) is 15.1. The van der Waals surface area contributed by atoms with Crippen LogP contribution in [0.2, 0.25) is 0 Å². The van der Waals surface area contributed by atoms with E-state index in [4.69, 9.17) is 24.7 Å². The fraction of sp³-hybridized carbons (Fsp3) is 1.00. The van der Waals surface area contributed by atoms with E-state index in [1.165, 1.54) is 23.3 Å². The molecule has 0 saturated carbocycles. The Morgan fingerprint density at radius 2 is 1.79 bits per heavy atom. The molecular weight excluding hydrogens is 873 g/mol. The molecule has 0 aromatic carbocycles. The standard InChI is InChI=1S/C5H8BrClI4O4P2S2/c6-1-4(12)14-3(2-13-18-16(8)9)5(7)15-19-17(10)11/h3-5,12H,1-2H2/t3-,4?,5-/m1/s1. The van der Waals surface area contributed by atoms with Crippen molar-refractivity contribution in [3.05, 3.63) is 0 Å². The second kappa shape index (κ2) is 15.4. The van der Waals surface area contributed by atoms with Crippen LogP contribution in [0.15, 0.2) is 0 Å². The lowest BCUT2D eigenvalue weighted by molar-refractivity contribution is -0.142. The predicted molar refractivity (Wildman–Crippen MR) is 126 cm³/mol. The molecule has 3 atom stereocenters. The van der Waals surface area contributed by atoms with Gasteiger partial charge in [0.05, 0.1) is 11.9 Å². The van der Waals surface area contributed by atoms with E-state index in [-0.39, 0.29) is 11.4 Å². The molecule has 0 bridgehead atoms. The molecule has 0 aromatic rings. The van der Waals surface area contributed by atoms with Crippen molar-refractivity contribution in [1.82, 2.24) is 0 Å². The molecule has 1 unspecified atom stereocenters. The van der Waals surface area contributed by atoms with Crippen molar-refractivity contribution >= 4 is 144 Å². The van der Waals surface area contributed by atoms with E-state index in [0.29, 0.717) is 5.33 Å². The zero-order chi connectivity index (χ0) is 14.8. The molecule has 0 aliphatic rings. The topological polar surface area (TPSA) is 47.9 Å². The van der Waals surface area contributed by atoms with Gasteiger partial charge in [0.25, 0.3) is 0 Å². The van der Waals surface area contributed by atoms with E-state index in [2.05, 4.69) is 104 Å². The van der Waals surface area contributed by atoms with Crippen LogP contribution in [0, 0.1) is 0 Å². The van der Waals surface area contributed by atoms with Crippen molar-refractivity contribution in [3.8, 4) is 0 Å². The van der Waals surface area contributed by atoms with Crippen molar-refractivity contribution in [2.45, 2.75) is 18.0 Å². The molecule has 0 aliphatic heterocycles. The highest BCUT2D eigenvalue weighted by atomic mass is 127. The summed E-state index contributed by atoms with van der Waals surface area (Å²) in [6.45, 7) is 0.259. The lowest BCUT2D eigenvalue weighted by atomic mass is 10.4. The van der Waals surface area contributed by atoms with Crippen molar-refractivity contribution in [2.24, 2.45) is 0 Å². The van der Waals surface area contributed by atoms with Gasteiger partial charge in [-0.3, -0.25) is 4.18 Å². The van der Waals surface area contributed by atoms with E-state index in [9.17, 15) is 5.11 Å². The van der Waals surface area contributed by atoms with E-state index in [1.807, 2.05) is 0 Å². The predicted octanol–water partition coefficient (Wildman–Crippen LogP) is 7.17. The van der Waals surface area contributed by atoms with Crippen LogP contribution in [-0.4, -0.2) is 35.0 Å². The second-order valence-corrected chi connectivity index (χ2v) is 38.8. The molecule has 14 heteroatoms. The monoisotopic (exact) mass is 879 g/mol. The van der Waals surface area contributed by atoms with Crippen LogP contribution in [0.5, 0.6) is 0 Å². The molecule has 0 amide bonds. The fourth-order valence-electron chi connectivity index (χ4n) is 0.688. The van der Waals surface area contributed by atoms with E-state index < -0.39 is 18.0 Å². The van der Waals surface area contributed by atoms with Gasteiger partial charge < -0.3 is 14.0 Å². The Bertz CT molecular complexity index is 241. The number of hydrogen-bond donors (Lipinski definition) is 1. The second-order valence-electron chi connectivity index (χ2n) is 2.57. The molecule has 0 spiro atoms. The Hall–Kier alpha value is 5.09. The van der Waals surface area contributed by atoms with Gasteiger partial charge in [-0.1, -0.05) is 27.5 Å². The number of alkyl halides is 2. The van der Waals surface area contributed by atoms with Crippen LogP contribution in [-0.2, 0) is 13.1 Å². The molecule has 1 N–H and O–H groups in total. The summed E-state index contributed by atoms with van der Waals surface area (Å²) < 4.78 is 15.6. The molecular formula is C5H8BrClI4O4P2S2. The Kier molecular flexibility index (Phi) is 19.5. The summed E-state index contributed by atoms with van der Waals surface area (Å²) in [5, 5.41) is 9.82. The van der Waals surface area contributed by atoms with Crippen LogP contribution in [0.1, 0.15) is 0 Å². The first-order chi connectivity index (χ1) is 8.86. The maximum Gasteiger partial charge on any atom is 0.174 e. The van der Waals surface area contributed by atoms with Crippen LogP contribution in [0.4, 0.5) is 0 Å². The third-order valence-corrected chi connectivity index (χ3v) is 10.1. The van der Waals surface area contributed by atoms with E-state index >= 15 is 0 Å². The summed E-state index contributed by atoms with van der Waals surface area (Å²) in [6.07, 6.45) is -1.46. The van der Waals surface area contributed by atoms with Gasteiger partial charge in [-0.05, 0) is 88.2 Å². The van der Waals surface area contributed by atoms with Gasteiger partial charge in [0.1, 0.15) is 10.9 Å². The summed E-state index contributed by atoms with van der Waals surface area (Å²) >= 11 is 21.1. The maximum atomic E-state index is 9.51. The average molecular weight is 881 g/mol. The smallest absolute Gasteiger partial charge is 0.174 e. The van der Waals surface area contributed by atoms with Crippen molar-refractivity contribution < 1.29 is 18.2 Å². The Labute approximate surface area is 188 Å². The first kappa shape index (κ1) is 24.1. The van der Waals surface area contributed by atoms with Crippen molar-refractivity contribution in [2.75, 3.05) is 11.9 Å². The Balaban J connectivity index is 4.22. The summed E-state index contributed by atoms with van der Waals surface area (Å²) in [5.41, 5.74) is -0.677. The maximum absolute atomic E-state index is 9.51. The largest absolute Gasteiger partial charge is 0.367 e. The number of aliphatic hydroxyl groups excluding tert-OH is 1. The van der Waals surface area contributed by atoms with Gasteiger partial charge in [-0.15, -0.1) is 0 Å². The molecule has 0 aromatic heterocycles. The molecule has 0 saturated heterocycles. The SMILES string of the molecule is OC(CBr)O[C@H](COSP(I)I)[C@H](Cl)OSP(I)I. The Morgan fingerprint density at radius 3 is 2.26 bits per heavy atom. The number of halogens is 6. The molecule has 0 radical (unpaired) electrons. The third-order valence-electron chi connectivity index (χ3n) is 1.29. The van der Waals surface area contributed by atoms with Gasteiger partial charge in [-0.2, -0.15) is 0 Å². The van der Waals surface area contributed by atoms with E-state index in [0.717, 1.165) is 0 Å². The van der Waals surface area contributed by atoms with Gasteiger partial charge in [0, 0.05) is 23.3 Å².